The van der Waals surface area contributed by atoms with Crippen LogP contribution in [0, 0.1) is 0 Å². The Balaban J connectivity index is 1.80. The third kappa shape index (κ3) is 1.99. The number of fused-ring (bicyclic) bond motifs is 1. The first kappa shape index (κ1) is 11.3. The molecule has 1 saturated carbocycles. The molecule has 0 atom stereocenters. The maximum Gasteiger partial charge on any atom is 0.171 e. The van der Waals surface area contributed by atoms with Gasteiger partial charge in [0.15, 0.2) is 17.3 Å². The van der Waals surface area contributed by atoms with E-state index in [0.717, 1.165) is 31.3 Å². The Hall–Kier alpha value is -1.82. The number of imidazole rings is 1. The molecule has 1 fully saturated rings. The average molecular weight is 247 g/mol. The van der Waals surface area contributed by atoms with E-state index in [1.54, 1.807) is 10.7 Å². The lowest BCUT2D eigenvalue weighted by molar-refractivity contribution is 0.126. The SMILES string of the molecule is Nc1c(NC2CCC(O)CC2)nc2cccnn12. The molecule has 1 aliphatic rings. The van der Waals surface area contributed by atoms with E-state index >= 15 is 0 Å². The van der Waals surface area contributed by atoms with Gasteiger partial charge >= 0.3 is 0 Å². The predicted molar refractivity (Wildman–Crippen MR) is 69.3 cm³/mol. The summed E-state index contributed by atoms with van der Waals surface area (Å²) < 4.78 is 1.63. The number of nitrogen functional groups attached to an aromatic ring is 1. The predicted octanol–water partition coefficient (Wildman–Crippen LogP) is 1.03. The molecule has 0 spiro atoms. The number of hydrogen-bond donors (Lipinski definition) is 3. The van der Waals surface area contributed by atoms with Crippen LogP contribution < -0.4 is 11.1 Å². The van der Waals surface area contributed by atoms with Gasteiger partial charge in [-0.1, -0.05) is 0 Å². The Morgan fingerprint density at radius 3 is 2.83 bits per heavy atom. The van der Waals surface area contributed by atoms with Crippen LogP contribution in [0.15, 0.2) is 18.3 Å². The minimum absolute atomic E-state index is 0.150. The van der Waals surface area contributed by atoms with Gasteiger partial charge in [-0.05, 0) is 37.8 Å². The largest absolute Gasteiger partial charge is 0.393 e. The van der Waals surface area contributed by atoms with Crippen LogP contribution >= 0.6 is 0 Å². The van der Waals surface area contributed by atoms with Crippen LogP contribution in [-0.2, 0) is 0 Å². The summed E-state index contributed by atoms with van der Waals surface area (Å²) >= 11 is 0. The lowest BCUT2D eigenvalue weighted by atomic mass is 9.93. The lowest BCUT2D eigenvalue weighted by Gasteiger charge is -2.26. The van der Waals surface area contributed by atoms with Crippen molar-refractivity contribution in [1.29, 1.82) is 0 Å². The number of nitrogens with two attached hydrogens (primary N) is 1. The molecule has 0 bridgehead atoms. The highest BCUT2D eigenvalue weighted by molar-refractivity contribution is 5.65. The van der Waals surface area contributed by atoms with Gasteiger partial charge in [0.25, 0.3) is 0 Å². The van der Waals surface area contributed by atoms with Gasteiger partial charge in [-0.25, -0.2) is 4.98 Å². The number of rotatable bonds is 2. The maximum absolute atomic E-state index is 9.48. The quantitative estimate of drug-likeness (QED) is 0.737. The zero-order valence-electron chi connectivity index (χ0n) is 10.1. The smallest absolute Gasteiger partial charge is 0.171 e. The zero-order valence-corrected chi connectivity index (χ0v) is 10.1. The van der Waals surface area contributed by atoms with E-state index in [9.17, 15) is 5.11 Å². The van der Waals surface area contributed by atoms with Gasteiger partial charge in [0.1, 0.15) is 0 Å². The number of nitrogens with zero attached hydrogens (tertiary/aromatic N) is 3. The van der Waals surface area contributed by atoms with Gasteiger partial charge in [0.05, 0.1) is 6.10 Å². The van der Waals surface area contributed by atoms with Gasteiger partial charge < -0.3 is 16.2 Å². The normalized spacial score (nSPS) is 24.3. The Labute approximate surface area is 105 Å². The van der Waals surface area contributed by atoms with Gasteiger partial charge in [-0.15, -0.1) is 0 Å². The van der Waals surface area contributed by atoms with Gasteiger partial charge in [-0.3, -0.25) is 0 Å². The van der Waals surface area contributed by atoms with Crippen molar-refractivity contribution in [3.63, 3.8) is 0 Å². The Kier molecular flexibility index (Phi) is 2.79. The Bertz CT molecular complexity index is 544. The van der Waals surface area contributed by atoms with Crippen molar-refractivity contribution in [2.24, 2.45) is 0 Å². The minimum Gasteiger partial charge on any atom is -0.393 e. The van der Waals surface area contributed by atoms with E-state index < -0.39 is 0 Å². The Morgan fingerprint density at radius 1 is 1.33 bits per heavy atom. The monoisotopic (exact) mass is 247 g/mol. The van der Waals surface area contributed by atoms with E-state index in [4.69, 9.17) is 5.73 Å². The zero-order chi connectivity index (χ0) is 12.5. The molecule has 0 amide bonds. The summed E-state index contributed by atoms with van der Waals surface area (Å²) in [5, 5.41) is 17.0. The maximum atomic E-state index is 9.48. The molecule has 0 aromatic carbocycles. The summed E-state index contributed by atoms with van der Waals surface area (Å²) in [5.41, 5.74) is 6.75. The molecule has 0 unspecified atom stereocenters. The first-order valence-electron chi connectivity index (χ1n) is 6.28. The number of anilines is 2. The molecular weight excluding hydrogens is 230 g/mol. The van der Waals surface area contributed by atoms with E-state index in [1.165, 1.54) is 0 Å². The summed E-state index contributed by atoms with van der Waals surface area (Å²) in [6, 6.07) is 4.04. The van der Waals surface area contributed by atoms with Crippen LogP contribution in [0.3, 0.4) is 0 Å². The van der Waals surface area contributed by atoms with E-state index in [0.29, 0.717) is 17.7 Å². The highest BCUT2D eigenvalue weighted by Gasteiger charge is 2.21. The number of aromatic nitrogens is 3. The van der Waals surface area contributed by atoms with Crippen LogP contribution in [0.25, 0.3) is 5.65 Å². The summed E-state index contributed by atoms with van der Waals surface area (Å²) in [5.74, 6) is 1.23. The van der Waals surface area contributed by atoms with Crippen molar-refractivity contribution in [3.05, 3.63) is 18.3 Å². The molecule has 2 aromatic rings. The molecule has 4 N–H and O–H groups in total. The highest BCUT2D eigenvalue weighted by Crippen LogP contribution is 2.25. The molecule has 0 radical (unpaired) electrons. The molecule has 0 aliphatic heterocycles. The van der Waals surface area contributed by atoms with Crippen LogP contribution in [0.1, 0.15) is 25.7 Å². The van der Waals surface area contributed by atoms with Crippen molar-refractivity contribution in [2.45, 2.75) is 37.8 Å². The van der Waals surface area contributed by atoms with E-state index in [2.05, 4.69) is 15.4 Å². The number of aliphatic hydroxyl groups excluding tert-OH is 1. The number of nitrogens with one attached hydrogen (secondary N) is 1. The number of hydrogen-bond acceptors (Lipinski definition) is 5. The molecule has 18 heavy (non-hydrogen) atoms. The summed E-state index contributed by atoms with van der Waals surface area (Å²) in [6.07, 6.45) is 5.10. The molecule has 0 saturated heterocycles. The minimum atomic E-state index is -0.150. The summed E-state index contributed by atoms with van der Waals surface area (Å²) in [4.78, 5) is 4.43. The van der Waals surface area contributed by atoms with Gasteiger partial charge in [0, 0.05) is 12.2 Å². The standard InChI is InChI=1S/C12H17N5O/c13-11-12(15-8-3-5-9(18)6-4-8)16-10-2-1-7-14-17(10)11/h1-2,7-9,15,18H,3-6,13H2. The molecule has 6 nitrogen and oxygen atoms in total. The molecule has 2 aromatic heterocycles. The molecule has 96 valence electrons. The first-order chi connectivity index (χ1) is 8.74. The Morgan fingerprint density at radius 2 is 2.11 bits per heavy atom. The molecule has 2 heterocycles. The third-order valence-corrected chi connectivity index (χ3v) is 3.47. The third-order valence-electron chi connectivity index (χ3n) is 3.47. The second-order valence-electron chi connectivity index (χ2n) is 4.79. The van der Waals surface area contributed by atoms with Crippen LogP contribution in [0.4, 0.5) is 11.6 Å². The van der Waals surface area contributed by atoms with Crippen molar-refractivity contribution in [3.8, 4) is 0 Å². The van der Waals surface area contributed by atoms with Crippen molar-refractivity contribution in [1.82, 2.24) is 14.6 Å². The van der Waals surface area contributed by atoms with Crippen LogP contribution in [0.5, 0.6) is 0 Å². The fourth-order valence-corrected chi connectivity index (χ4v) is 2.43. The van der Waals surface area contributed by atoms with E-state index in [-0.39, 0.29) is 6.10 Å². The fraction of sp³-hybridized carbons (Fsp3) is 0.500. The van der Waals surface area contributed by atoms with Crippen LogP contribution in [0.2, 0.25) is 0 Å². The van der Waals surface area contributed by atoms with Crippen molar-refractivity contribution < 1.29 is 5.11 Å². The average Bonchev–Trinajstić information content (AvgIpc) is 2.70. The molecule has 1 aliphatic carbocycles. The van der Waals surface area contributed by atoms with Crippen molar-refractivity contribution >= 4 is 17.3 Å². The molecule has 3 rings (SSSR count). The van der Waals surface area contributed by atoms with Gasteiger partial charge in [-0.2, -0.15) is 9.61 Å². The highest BCUT2D eigenvalue weighted by atomic mass is 16.3. The summed E-state index contributed by atoms with van der Waals surface area (Å²) in [7, 11) is 0. The van der Waals surface area contributed by atoms with E-state index in [1.807, 2.05) is 12.1 Å². The van der Waals surface area contributed by atoms with Crippen molar-refractivity contribution in [2.75, 3.05) is 11.1 Å². The lowest BCUT2D eigenvalue weighted by Crippen LogP contribution is -2.28. The molecular formula is C12H17N5O. The second kappa shape index (κ2) is 4.45. The van der Waals surface area contributed by atoms with Gasteiger partial charge in [0.2, 0.25) is 0 Å². The first-order valence-corrected chi connectivity index (χ1v) is 6.28. The second-order valence-corrected chi connectivity index (χ2v) is 4.79. The molecule has 6 heteroatoms. The topological polar surface area (TPSA) is 88.5 Å². The van der Waals surface area contributed by atoms with Crippen LogP contribution in [-0.4, -0.2) is 31.9 Å². The summed E-state index contributed by atoms with van der Waals surface area (Å²) in [6.45, 7) is 0. The fourth-order valence-electron chi connectivity index (χ4n) is 2.43. The number of aliphatic hydroxyl groups is 1.